The second kappa shape index (κ2) is 5.61. The molecule has 98 valence electrons. The first-order valence-corrected chi connectivity index (χ1v) is 6.11. The van der Waals surface area contributed by atoms with E-state index in [1.165, 1.54) is 12.5 Å². The number of nitro groups is 1. The summed E-state index contributed by atoms with van der Waals surface area (Å²) in [7, 11) is 0. The smallest absolute Gasteiger partial charge is 0.358 e. The van der Waals surface area contributed by atoms with Gasteiger partial charge in [-0.2, -0.15) is 0 Å². The van der Waals surface area contributed by atoms with E-state index in [1.807, 2.05) is 4.90 Å². The fourth-order valence-corrected chi connectivity index (χ4v) is 2.10. The first kappa shape index (κ1) is 12.5. The van der Waals surface area contributed by atoms with Gasteiger partial charge in [0.2, 0.25) is 12.2 Å². The van der Waals surface area contributed by atoms with Crippen LogP contribution in [0.4, 0.5) is 5.82 Å². The number of aromatic nitrogens is 2. The van der Waals surface area contributed by atoms with Gasteiger partial charge in [0.05, 0.1) is 0 Å². The maximum Gasteiger partial charge on any atom is 0.381 e. The van der Waals surface area contributed by atoms with Crippen molar-refractivity contribution in [3.63, 3.8) is 0 Å². The normalized spacial score (nSPS) is 15.0. The maximum atomic E-state index is 11.7. The minimum Gasteiger partial charge on any atom is -0.358 e. The highest BCUT2D eigenvalue weighted by Crippen LogP contribution is 2.11. The number of likely N-dealkylation sites (tertiary alicyclic amines) is 1. The Labute approximate surface area is 105 Å². The molecular weight excluding hydrogens is 236 g/mol. The van der Waals surface area contributed by atoms with Crippen molar-refractivity contribution in [3.05, 3.63) is 22.6 Å². The second-order valence-electron chi connectivity index (χ2n) is 4.42. The minimum absolute atomic E-state index is 0.152. The zero-order chi connectivity index (χ0) is 13.0. The summed E-state index contributed by atoms with van der Waals surface area (Å²) in [6.07, 6.45) is 6.19. The molecule has 0 N–H and O–H groups in total. The number of imidazole rings is 1. The Kier molecular flexibility index (Phi) is 3.91. The molecule has 0 saturated carbocycles. The van der Waals surface area contributed by atoms with E-state index in [1.54, 1.807) is 4.57 Å². The van der Waals surface area contributed by atoms with Gasteiger partial charge in [-0.25, -0.2) is 0 Å². The van der Waals surface area contributed by atoms with E-state index in [2.05, 4.69) is 4.98 Å². The number of hydrogen-bond donors (Lipinski definition) is 0. The average molecular weight is 252 g/mol. The van der Waals surface area contributed by atoms with Gasteiger partial charge in [-0.1, -0.05) is 0 Å². The zero-order valence-electron chi connectivity index (χ0n) is 10.1. The number of aryl methyl sites for hydroxylation is 1. The molecule has 0 bridgehead atoms. The summed E-state index contributed by atoms with van der Waals surface area (Å²) in [6, 6.07) is 0. The Hall–Kier alpha value is -1.92. The molecule has 18 heavy (non-hydrogen) atoms. The Morgan fingerprint density at radius 2 is 2.17 bits per heavy atom. The van der Waals surface area contributed by atoms with E-state index in [9.17, 15) is 14.9 Å². The molecule has 0 spiro atoms. The van der Waals surface area contributed by atoms with Crippen LogP contribution in [0.2, 0.25) is 0 Å². The highest BCUT2D eigenvalue weighted by molar-refractivity contribution is 5.76. The lowest BCUT2D eigenvalue weighted by molar-refractivity contribution is -0.389. The molecular formula is C11H16N4O3. The van der Waals surface area contributed by atoms with Crippen molar-refractivity contribution in [3.8, 4) is 0 Å². The number of amides is 1. The van der Waals surface area contributed by atoms with Gasteiger partial charge in [0.15, 0.2) is 0 Å². The Morgan fingerprint density at radius 1 is 1.44 bits per heavy atom. The predicted octanol–water partition coefficient (Wildman–Crippen LogP) is 1.19. The Bertz CT molecular complexity index is 437. The molecule has 1 aliphatic rings. The summed E-state index contributed by atoms with van der Waals surface area (Å²) in [5, 5.41) is 10.4. The number of carbonyl (C=O) groups excluding carboxylic acids is 1. The lowest BCUT2D eigenvalue weighted by Crippen LogP contribution is -2.27. The third kappa shape index (κ3) is 3.06. The van der Waals surface area contributed by atoms with Gasteiger partial charge in [-0.15, -0.1) is 0 Å². The van der Waals surface area contributed by atoms with Gasteiger partial charge in [-0.05, 0) is 29.2 Å². The van der Waals surface area contributed by atoms with Crippen LogP contribution in [0.1, 0.15) is 25.7 Å². The summed E-state index contributed by atoms with van der Waals surface area (Å²) in [5.74, 6) is 0.0305. The van der Waals surface area contributed by atoms with Gasteiger partial charge >= 0.3 is 5.82 Å². The standard InChI is InChI=1S/C11H16N4O3/c16-11(14-6-1-2-7-14)4-3-5-13-8-10(12-9-13)15(17)18/h8-9H,1-7H2. The van der Waals surface area contributed by atoms with Crippen molar-refractivity contribution in [2.45, 2.75) is 32.2 Å². The van der Waals surface area contributed by atoms with Crippen LogP contribution in [0.15, 0.2) is 12.5 Å². The molecule has 1 aromatic heterocycles. The summed E-state index contributed by atoms with van der Waals surface area (Å²) in [4.78, 5) is 27.2. The molecule has 0 aromatic carbocycles. The van der Waals surface area contributed by atoms with Gasteiger partial charge < -0.3 is 19.6 Å². The predicted molar refractivity (Wildman–Crippen MR) is 63.9 cm³/mol. The highest BCUT2D eigenvalue weighted by Gasteiger charge is 2.17. The minimum atomic E-state index is -0.522. The molecule has 7 heteroatoms. The van der Waals surface area contributed by atoms with Gasteiger partial charge in [0.25, 0.3) is 0 Å². The fourth-order valence-electron chi connectivity index (χ4n) is 2.10. The van der Waals surface area contributed by atoms with Crippen LogP contribution in [-0.4, -0.2) is 38.4 Å². The summed E-state index contributed by atoms with van der Waals surface area (Å²) >= 11 is 0. The molecule has 0 radical (unpaired) electrons. The average Bonchev–Trinajstić information content (AvgIpc) is 3.00. The fraction of sp³-hybridized carbons (Fsp3) is 0.636. The largest absolute Gasteiger partial charge is 0.381 e. The van der Waals surface area contributed by atoms with Crippen LogP contribution in [-0.2, 0) is 11.3 Å². The first-order valence-electron chi connectivity index (χ1n) is 6.11. The van der Waals surface area contributed by atoms with Crippen molar-refractivity contribution >= 4 is 11.7 Å². The van der Waals surface area contributed by atoms with Crippen molar-refractivity contribution in [2.24, 2.45) is 0 Å². The molecule has 2 heterocycles. The molecule has 1 amide bonds. The SMILES string of the molecule is O=C(CCCn1cnc([N+](=O)[O-])c1)N1CCCC1. The Morgan fingerprint density at radius 3 is 2.78 bits per heavy atom. The lowest BCUT2D eigenvalue weighted by Gasteiger charge is -2.14. The zero-order valence-corrected chi connectivity index (χ0v) is 10.1. The molecule has 1 aliphatic heterocycles. The third-order valence-electron chi connectivity index (χ3n) is 3.07. The monoisotopic (exact) mass is 252 g/mol. The maximum absolute atomic E-state index is 11.7. The van der Waals surface area contributed by atoms with E-state index in [0.717, 1.165) is 25.9 Å². The van der Waals surface area contributed by atoms with E-state index < -0.39 is 4.92 Å². The van der Waals surface area contributed by atoms with Gasteiger partial charge in [-0.3, -0.25) is 4.79 Å². The third-order valence-corrected chi connectivity index (χ3v) is 3.07. The van der Waals surface area contributed by atoms with Crippen molar-refractivity contribution in [1.82, 2.24) is 14.5 Å². The molecule has 1 saturated heterocycles. The van der Waals surface area contributed by atoms with E-state index >= 15 is 0 Å². The number of rotatable bonds is 5. The molecule has 1 fully saturated rings. The molecule has 2 rings (SSSR count). The second-order valence-corrected chi connectivity index (χ2v) is 4.42. The summed E-state index contributed by atoms with van der Waals surface area (Å²) < 4.78 is 1.65. The number of nitrogens with zero attached hydrogens (tertiary/aromatic N) is 4. The van der Waals surface area contributed by atoms with E-state index in [0.29, 0.717) is 19.4 Å². The molecule has 0 aliphatic carbocycles. The van der Waals surface area contributed by atoms with Crippen LogP contribution < -0.4 is 0 Å². The topological polar surface area (TPSA) is 81.3 Å². The van der Waals surface area contributed by atoms with E-state index in [4.69, 9.17) is 0 Å². The molecule has 7 nitrogen and oxygen atoms in total. The van der Waals surface area contributed by atoms with Crippen LogP contribution in [0.25, 0.3) is 0 Å². The first-order chi connectivity index (χ1) is 8.66. The summed E-state index contributed by atoms with van der Waals surface area (Å²) in [6.45, 7) is 2.32. The molecule has 1 aromatic rings. The van der Waals surface area contributed by atoms with Crippen LogP contribution in [0, 0.1) is 10.1 Å². The van der Waals surface area contributed by atoms with Crippen molar-refractivity contribution in [2.75, 3.05) is 13.1 Å². The Balaban J connectivity index is 1.74. The van der Waals surface area contributed by atoms with E-state index in [-0.39, 0.29) is 11.7 Å². The van der Waals surface area contributed by atoms with Crippen molar-refractivity contribution in [1.29, 1.82) is 0 Å². The molecule has 0 atom stereocenters. The van der Waals surface area contributed by atoms with Crippen LogP contribution >= 0.6 is 0 Å². The lowest BCUT2D eigenvalue weighted by atomic mass is 10.3. The summed E-state index contributed by atoms with van der Waals surface area (Å²) in [5.41, 5.74) is 0. The van der Waals surface area contributed by atoms with Gasteiger partial charge in [0, 0.05) is 26.1 Å². The van der Waals surface area contributed by atoms with Crippen LogP contribution in [0.5, 0.6) is 0 Å². The number of carbonyl (C=O) groups is 1. The molecule has 0 unspecified atom stereocenters. The van der Waals surface area contributed by atoms with Crippen LogP contribution in [0.3, 0.4) is 0 Å². The highest BCUT2D eigenvalue weighted by atomic mass is 16.6. The van der Waals surface area contributed by atoms with Gasteiger partial charge in [0.1, 0.15) is 6.20 Å². The number of hydrogen-bond acceptors (Lipinski definition) is 4. The quantitative estimate of drug-likeness (QED) is 0.582. The van der Waals surface area contributed by atoms with Crippen molar-refractivity contribution < 1.29 is 9.72 Å².